The fraction of sp³-hybridized carbons (Fsp3) is 0.222. The van der Waals surface area contributed by atoms with E-state index in [1.54, 1.807) is 12.1 Å². The van der Waals surface area contributed by atoms with Gasteiger partial charge in [0.15, 0.2) is 0 Å². The molecule has 0 aliphatic carbocycles. The van der Waals surface area contributed by atoms with E-state index in [9.17, 15) is 9.59 Å². The Morgan fingerprint density at radius 3 is 2.27 bits per heavy atom. The van der Waals surface area contributed by atoms with Gasteiger partial charge in [0.2, 0.25) is 0 Å². The Morgan fingerprint density at radius 1 is 1.00 bits per heavy atom. The summed E-state index contributed by atoms with van der Waals surface area (Å²) < 4.78 is 10.1. The van der Waals surface area contributed by atoms with Gasteiger partial charge in [0.25, 0.3) is 6.47 Å². The summed E-state index contributed by atoms with van der Waals surface area (Å²) in [4.78, 5) is 22.6. The molecule has 0 N–H and O–H groups in total. The summed E-state index contributed by atoms with van der Waals surface area (Å²) in [5.41, 5.74) is 0.898. The topological polar surface area (TPSA) is 52.6 Å². The van der Waals surface area contributed by atoms with Crippen LogP contribution >= 0.6 is 0 Å². The van der Waals surface area contributed by atoms with Crippen LogP contribution in [0.5, 0.6) is 5.75 Å². The van der Waals surface area contributed by atoms with Crippen molar-refractivity contribution in [2.75, 3.05) is 6.61 Å². The first-order valence-electron chi connectivity index (χ1n) is 7.18. The van der Waals surface area contributed by atoms with Gasteiger partial charge >= 0.3 is 5.97 Å². The smallest absolute Gasteiger partial charge is 0.318 e. The van der Waals surface area contributed by atoms with Gasteiger partial charge in [-0.15, -0.1) is 0 Å². The molecule has 0 bridgehead atoms. The van der Waals surface area contributed by atoms with Crippen molar-refractivity contribution in [2.45, 2.75) is 18.8 Å². The number of esters is 1. The Balaban J connectivity index is 2.06. The summed E-state index contributed by atoms with van der Waals surface area (Å²) in [6.07, 6.45) is 1.16. The molecular formula is C18H18O4. The minimum Gasteiger partial charge on any atom is -0.468 e. The zero-order valence-electron chi connectivity index (χ0n) is 12.2. The van der Waals surface area contributed by atoms with Gasteiger partial charge < -0.3 is 9.47 Å². The third-order valence-electron chi connectivity index (χ3n) is 3.27. The molecule has 0 radical (unpaired) electrons. The van der Waals surface area contributed by atoms with Gasteiger partial charge in [0.1, 0.15) is 5.75 Å². The van der Waals surface area contributed by atoms with Crippen molar-refractivity contribution in [1.82, 2.24) is 0 Å². The normalized spacial score (nSPS) is 11.5. The number of rotatable bonds is 8. The highest BCUT2D eigenvalue weighted by Crippen LogP contribution is 2.24. The minimum atomic E-state index is -0.378. The molecule has 2 aromatic carbocycles. The first-order valence-corrected chi connectivity index (χ1v) is 7.18. The van der Waals surface area contributed by atoms with Gasteiger partial charge in [0, 0.05) is 0 Å². The molecule has 4 nitrogen and oxygen atoms in total. The molecular weight excluding hydrogens is 280 g/mol. The molecule has 0 saturated carbocycles. The third kappa shape index (κ3) is 4.74. The molecule has 22 heavy (non-hydrogen) atoms. The van der Waals surface area contributed by atoms with Crippen LogP contribution in [0.25, 0.3) is 0 Å². The molecule has 2 aromatic rings. The van der Waals surface area contributed by atoms with Crippen molar-refractivity contribution in [3.63, 3.8) is 0 Å². The average Bonchev–Trinajstić information content (AvgIpc) is 2.56. The van der Waals surface area contributed by atoms with Gasteiger partial charge in [-0.25, -0.2) is 0 Å². The number of carbonyl (C=O) groups is 2. The Kier molecular flexibility index (Phi) is 6.18. The van der Waals surface area contributed by atoms with Gasteiger partial charge in [-0.1, -0.05) is 48.5 Å². The maximum absolute atomic E-state index is 12.4. The second kappa shape index (κ2) is 8.62. The molecule has 0 aliphatic heterocycles. The maximum Gasteiger partial charge on any atom is 0.318 e. The van der Waals surface area contributed by atoms with E-state index in [0.717, 1.165) is 5.56 Å². The predicted octanol–water partition coefficient (Wildman–Crippen LogP) is 3.33. The highest BCUT2D eigenvalue weighted by Gasteiger charge is 2.22. The molecule has 1 unspecified atom stereocenters. The highest BCUT2D eigenvalue weighted by atomic mass is 16.5. The summed E-state index contributed by atoms with van der Waals surface area (Å²) >= 11 is 0. The van der Waals surface area contributed by atoms with Crippen LogP contribution in [0.15, 0.2) is 60.7 Å². The van der Waals surface area contributed by atoms with Crippen molar-refractivity contribution in [1.29, 1.82) is 0 Å². The Labute approximate surface area is 129 Å². The van der Waals surface area contributed by atoms with E-state index < -0.39 is 0 Å². The fourth-order valence-corrected chi connectivity index (χ4v) is 2.20. The van der Waals surface area contributed by atoms with Crippen molar-refractivity contribution in [3.05, 3.63) is 66.2 Å². The van der Waals surface area contributed by atoms with E-state index in [4.69, 9.17) is 4.74 Å². The first kappa shape index (κ1) is 15.8. The summed E-state index contributed by atoms with van der Waals surface area (Å²) in [5, 5.41) is 0. The van der Waals surface area contributed by atoms with Crippen molar-refractivity contribution in [2.24, 2.45) is 0 Å². The van der Waals surface area contributed by atoms with Crippen LogP contribution in [-0.2, 0) is 14.3 Å². The summed E-state index contributed by atoms with van der Waals surface area (Å²) in [6, 6.07) is 18.5. The lowest BCUT2D eigenvalue weighted by atomic mass is 9.94. The molecule has 0 fully saturated rings. The first-order chi connectivity index (χ1) is 10.8. The summed E-state index contributed by atoms with van der Waals surface area (Å²) in [5.74, 6) is -0.155. The number of hydrogen-bond acceptors (Lipinski definition) is 4. The number of para-hydroxylation sites is 1. The molecule has 0 amide bonds. The third-order valence-corrected chi connectivity index (χ3v) is 3.27. The quantitative estimate of drug-likeness (QED) is 0.325. The van der Waals surface area contributed by atoms with Crippen LogP contribution in [-0.4, -0.2) is 19.0 Å². The van der Waals surface area contributed by atoms with Gasteiger partial charge in [0.05, 0.1) is 12.5 Å². The van der Waals surface area contributed by atoms with E-state index in [1.165, 1.54) is 0 Å². The number of benzene rings is 2. The van der Waals surface area contributed by atoms with E-state index in [2.05, 4.69) is 4.74 Å². The van der Waals surface area contributed by atoms with Crippen molar-refractivity contribution in [3.8, 4) is 5.75 Å². The van der Waals surface area contributed by atoms with E-state index in [-0.39, 0.29) is 11.9 Å². The minimum absolute atomic E-state index is 0.297. The van der Waals surface area contributed by atoms with Crippen LogP contribution in [0, 0.1) is 0 Å². The molecule has 0 heterocycles. The second-order valence-corrected chi connectivity index (χ2v) is 4.81. The van der Waals surface area contributed by atoms with Crippen LogP contribution in [0.1, 0.15) is 24.3 Å². The number of hydrogen-bond donors (Lipinski definition) is 0. The fourth-order valence-electron chi connectivity index (χ4n) is 2.20. The van der Waals surface area contributed by atoms with Crippen LogP contribution in [0.3, 0.4) is 0 Å². The Bertz CT molecular complexity index is 581. The summed E-state index contributed by atoms with van der Waals surface area (Å²) in [7, 11) is 0. The van der Waals surface area contributed by atoms with Gasteiger partial charge in [-0.05, 0) is 30.5 Å². The Hall–Kier alpha value is -2.62. The Morgan fingerprint density at radius 2 is 1.64 bits per heavy atom. The van der Waals surface area contributed by atoms with E-state index >= 15 is 0 Å². The zero-order chi connectivity index (χ0) is 15.6. The lowest BCUT2D eigenvalue weighted by Crippen LogP contribution is -2.19. The molecule has 0 spiro atoms. The monoisotopic (exact) mass is 298 g/mol. The van der Waals surface area contributed by atoms with Crippen molar-refractivity contribution < 1.29 is 19.1 Å². The SMILES string of the molecule is O=COCCCC(C(=O)Oc1ccccc1)c1ccccc1. The molecule has 4 heteroatoms. The molecule has 0 aliphatic rings. The van der Waals surface area contributed by atoms with E-state index in [1.807, 2.05) is 48.5 Å². The van der Waals surface area contributed by atoms with E-state index in [0.29, 0.717) is 31.7 Å². The lowest BCUT2D eigenvalue weighted by molar-refractivity contribution is -0.136. The maximum atomic E-state index is 12.4. The van der Waals surface area contributed by atoms with Crippen LogP contribution in [0.2, 0.25) is 0 Å². The molecule has 1 atom stereocenters. The molecule has 2 rings (SSSR count). The average molecular weight is 298 g/mol. The number of carbonyl (C=O) groups excluding carboxylic acids is 2. The predicted molar refractivity (Wildman–Crippen MR) is 82.5 cm³/mol. The molecule has 0 saturated heterocycles. The van der Waals surface area contributed by atoms with Gasteiger partial charge in [-0.2, -0.15) is 0 Å². The summed E-state index contributed by atoms with van der Waals surface area (Å²) in [6.45, 7) is 0.714. The standard InChI is InChI=1S/C18H18O4/c19-14-21-13-7-12-17(15-8-3-1-4-9-15)18(20)22-16-10-5-2-6-11-16/h1-6,8-11,14,17H,7,12-13H2. The van der Waals surface area contributed by atoms with Crippen molar-refractivity contribution >= 4 is 12.4 Å². The van der Waals surface area contributed by atoms with Gasteiger partial charge in [-0.3, -0.25) is 9.59 Å². The lowest BCUT2D eigenvalue weighted by Gasteiger charge is -2.16. The zero-order valence-corrected chi connectivity index (χ0v) is 12.2. The number of ether oxygens (including phenoxy) is 2. The highest BCUT2D eigenvalue weighted by molar-refractivity contribution is 5.80. The van der Waals surface area contributed by atoms with Crippen LogP contribution < -0.4 is 4.74 Å². The second-order valence-electron chi connectivity index (χ2n) is 4.81. The molecule has 114 valence electrons. The molecule has 0 aromatic heterocycles. The largest absolute Gasteiger partial charge is 0.468 e. The van der Waals surface area contributed by atoms with Crippen LogP contribution in [0.4, 0.5) is 0 Å².